The minimum absolute atomic E-state index is 0.108. The number of hydrogen-bond acceptors (Lipinski definition) is 3. The number of carboxylic acid groups (broad SMARTS) is 1. The smallest absolute Gasteiger partial charge is 0.307 e. The summed E-state index contributed by atoms with van der Waals surface area (Å²) in [4.78, 5) is 24.0. The summed E-state index contributed by atoms with van der Waals surface area (Å²) in [5.41, 5.74) is 1.90. The number of aryl methyl sites for hydroxylation is 2. The number of aromatic nitrogens is 2. The molecule has 1 aromatic heterocycles. The second kappa shape index (κ2) is 5.74. The summed E-state index contributed by atoms with van der Waals surface area (Å²) < 4.78 is 1.84. The van der Waals surface area contributed by atoms with Gasteiger partial charge in [0, 0.05) is 24.8 Å². The molecular formula is C16H23N3O3. The van der Waals surface area contributed by atoms with Crippen LogP contribution in [0.15, 0.2) is 6.20 Å². The van der Waals surface area contributed by atoms with Crippen molar-refractivity contribution < 1.29 is 14.7 Å². The zero-order valence-corrected chi connectivity index (χ0v) is 13.1. The van der Waals surface area contributed by atoms with Crippen molar-refractivity contribution in [2.24, 2.45) is 23.7 Å². The van der Waals surface area contributed by atoms with Crippen molar-refractivity contribution in [3.8, 4) is 0 Å². The third-order valence-corrected chi connectivity index (χ3v) is 5.33. The fourth-order valence-electron chi connectivity index (χ4n) is 4.22. The van der Waals surface area contributed by atoms with E-state index in [1.54, 1.807) is 0 Å². The Kier molecular flexibility index (Phi) is 3.93. The number of fused-ring (bicyclic) bond motifs is 2. The number of rotatable bonds is 5. The predicted molar refractivity (Wildman–Crippen MR) is 79.9 cm³/mol. The standard InChI is InChI=1S/C16H23N3O3/c1-3-19-8-12(9(2)18-19)7-17-15(20)13-10-4-5-11(6-10)14(13)16(21)22/h8,10-11,13-14H,3-7H2,1-2H3,(H,17,20)(H,21,22)/t10-,11-,13-,14-/m0/s1. The monoisotopic (exact) mass is 305 g/mol. The van der Waals surface area contributed by atoms with E-state index >= 15 is 0 Å². The average Bonchev–Trinajstić information content (AvgIpc) is 3.18. The Hall–Kier alpha value is -1.85. The van der Waals surface area contributed by atoms with Gasteiger partial charge < -0.3 is 10.4 Å². The van der Waals surface area contributed by atoms with Crippen LogP contribution in [0.25, 0.3) is 0 Å². The quantitative estimate of drug-likeness (QED) is 0.865. The molecular weight excluding hydrogens is 282 g/mol. The zero-order valence-electron chi connectivity index (χ0n) is 13.1. The number of carbonyl (C=O) groups is 2. The van der Waals surface area contributed by atoms with E-state index in [4.69, 9.17) is 0 Å². The number of carboxylic acids is 1. The van der Waals surface area contributed by atoms with Crippen LogP contribution < -0.4 is 5.32 Å². The van der Waals surface area contributed by atoms with Crippen LogP contribution in [0.4, 0.5) is 0 Å². The Labute approximate surface area is 129 Å². The van der Waals surface area contributed by atoms with Crippen molar-refractivity contribution in [1.29, 1.82) is 0 Å². The van der Waals surface area contributed by atoms with Gasteiger partial charge in [0.25, 0.3) is 0 Å². The number of nitrogens with one attached hydrogen (secondary N) is 1. The van der Waals surface area contributed by atoms with Gasteiger partial charge >= 0.3 is 5.97 Å². The van der Waals surface area contributed by atoms with Crippen molar-refractivity contribution in [1.82, 2.24) is 15.1 Å². The van der Waals surface area contributed by atoms with E-state index in [0.29, 0.717) is 6.54 Å². The molecule has 120 valence electrons. The topological polar surface area (TPSA) is 84.2 Å². The third kappa shape index (κ3) is 2.51. The Bertz CT molecular complexity index is 595. The molecule has 1 amide bonds. The molecule has 6 nitrogen and oxygen atoms in total. The first-order valence-electron chi connectivity index (χ1n) is 8.04. The maximum atomic E-state index is 12.5. The highest BCUT2D eigenvalue weighted by Gasteiger charge is 2.53. The molecule has 0 spiro atoms. The molecule has 2 N–H and O–H groups in total. The summed E-state index contributed by atoms with van der Waals surface area (Å²) >= 11 is 0. The molecule has 6 heteroatoms. The van der Waals surface area contributed by atoms with Crippen LogP contribution in [-0.2, 0) is 22.7 Å². The summed E-state index contributed by atoms with van der Waals surface area (Å²) in [6.45, 7) is 5.15. The van der Waals surface area contributed by atoms with Gasteiger partial charge in [0.2, 0.25) is 5.91 Å². The van der Waals surface area contributed by atoms with Crippen LogP contribution in [0.1, 0.15) is 37.4 Å². The Morgan fingerprint density at radius 2 is 2.05 bits per heavy atom. The van der Waals surface area contributed by atoms with Crippen LogP contribution in [0, 0.1) is 30.6 Å². The lowest BCUT2D eigenvalue weighted by Crippen LogP contribution is -2.41. The lowest BCUT2D eigenvalue weighted by atomic mass is 9.78. The van der Waals surface area contributed by atoms with Gasteiger partial charge in [-0.2, -0.15) is 5.10 Å². The molecule has 2 aliphatic carbocycles. The minimum Gasteiger partial charge on any atom is -0.481 e. The van der Waals surface area contributed by atoms with Gasteiger partial charge in [-0.15, -0.1) is 0 Å². The fraction of sp³-hybridized carbons (Fsp3) is 0.688. The highest BCUT2D eigenvalue weighted by molar-refractivity contribution is 5.86. The number of nitrogens with zero attached hydrogens (tertiary/aromatic N) is 2. The van der Waals surface area contributed by atoms with Gasteiger partial charge in [0.05, 0.1) is 17.5 Å². The Morgan fingerprint density at radius 1 is 1.36 bits per heavy atom. The second-order valence-corrected chi connectivity index (χ2v) is 6.54. The summed E-state index contributed by atoms with van der Waals surface area (Å²) in [5.74, 6) is -1.37. The number of amides is 1. The van der Waals surface area contributed by atoms with Gasteiger partial charge in [0.15, 0.2) is 0 Å². The first-order valence-corrected chi connectivity index (χ1v) is 8.04. The molecule has 0 unspecified atom stereocenters. The van der Waals surface area contributed by atoms with Gasteiger partial charge in [-0.1, -0.05) is 0 Å². The van der Waals surface area contributed by atoms with Crippen molar-refractivity contribution in [2.45, 2.75) is 46.2 Å². The molecule has 0 aliphatic heterocycles. The molecule has 0 radical (unpaired) electrons. The van der Waals surface area contributed by atoms with Gasteiger partial charge in [-0.25, -0.2) is 0 Å². The van der Waals surface area contributed by atoms with E-state index in [0.717, 1.165) is 37.1 Å². The summed E-state index contributed by atoms with van der Waals surface area (Å²) in [6, 6.07) is 0. The van der Waals surface area contributed by atoms with Crippen LogP contribution >= 0.6 is 0 Å². The third-order valence-electron chi connectivity index (χ3n) is 5.33. The molecule has 0 aromatic carbocycles. The van der Waals surface area contributed by atoms with Gasteiger partial charge in [0.1, 0.15) is 0 Å². The van der Waals surface area contributed by atoms with Gasteiger partial charge in [-0.05, 0) is 44.9 Å². The molecule has 0 saturated heterocycles. The van der Waals surface area contributed by atoms with E-state index in [9.17, 15) is 14.7 Å². The molecule has 2 saturated carbocycles. The molecule has 2 fully saturated rings. The number of carbonyl (C=O) groups excluding carboxylic acids is 1. The zero-order chi connectivity index (χ0) is 15.9. The molecule has 3 rings (SSSR count). The van der Waals surface area contributed by atoms with E-state index in [-0.39, 0.29) is 23.7 Å². The lowest BCUT2D eigenvalue weighted by Gasteiger charge is -2.27. The van der Waals surface area contributed by atoms with Crippen LogP contribution in [0.5, 0.6) is 0 Å². The van der Waals surface area contributed by atoms with Crippen LogP contribution in [-0.4, -0.2) is 26.8 Å². The van der Waals surface area contributed by atoms with Crippen LogP contribution in [0.2, 0.25) is 0 Å². The fourth-order valence-corrected chi connectivity index (χ4v) is 4.22. The first-order chi connectivity index (χ1) is 10.5. The molecule has 1 aromatic rings. The second-order valence-electron chi connectivity index (χ2n) is 6.54. The van der Waals surface area contributed by atoms with E-state index in [2.05, 4.69) is 10.4 Å². The van der Waals surface area contributed by atoms with Crippen molar-refractivity contribution in [2.75, 3.05) is 0 Å². The normalized spacial score (nSPS) is 29.7. The minimum atomic E-state index is -0.817. The maximum Gasteiger partial charge on any atom is 0.307 e. The SMILES string of the molecule is CCn1cc(CNC(=O)[C@H]2[C@H]3CC[C@@H](C3)[C@@H]2C(=O)O)c(C)n1. The molecule has 2 aliphatic rings. The molecule has 2 bridgehead atoms. The van der Waals surface area contributed by atoms with E-state index in [1.807, 2.05) is 24.7 Å². The van der Waals surface area contributed by atoms with Crippen LogP contribution in [0.3, 0.4) is 0 Å². The summed E-state index contributed by atoms with van der Waals surface area (Å²) in [5, 5.41) is 16.7. The average molecular weight is 305 g/mol. The van der Waals surface area contributed by atoms with Crippen molar-refractivity contribution in [3.05, 3.63) is 17.5 Å². The summed E-state index contributed by atoms with van der Waals surface area (Å²) in [7, 11) is 0. The lowest BCUT2D eigenvalue weighted by molar-refractivity contribution is -0.149. The summed E-state index contributed by atoms with van der Waals surface area (Å²) in [6.07, 6.45) is 4.76. The van der Waals surface area contributed by atoms with Gasteiger partial charge in [-0.3, -0.25) is 14.3 Å². The van der Waals surface area contributed by atoms with Crippen molar-refractivity contribution >= 4 is 11.9 Å². The number of hydrogen-bond donors (Lipinski definition) is 2. The Balaban J connectivity index is 1.66. The molecule has 22 heavy (non-hydrogen) atoms. The molecule has 4 atom stereocenters. The first kappa shape index (κ1) is 15.1. The maximum absolute atomic E-state index is 12.5. The predicted octanol–water partition coefficient (Wildman–Crippen LogP) is 1.57. The highest BCUT2D eigenvalue weighted by atomic mass is 16.4. The van der Waals surface area contributed by atoms with E-state index < -0.39 is 11.9 Å². The highest BCUT2D eigenvalue weighted by Crippen LogP contribution is 2.52. The number of aliphatic carboxylic acids is 1. The van der Waals surface area contributed by atoms with E-state index in [1.165, 1.54) is 0 Å². The molecule has 1 heterocycles. The largest absolute Gasteiger partial charge is 0.481 e. The Morgan fingerprint density at radius 3 is 2.64 bits per heavy atom. The van der Waals surface area contributed by atoms with Crippen molar-refractivity contribution in [3.63, 3.8) is 0 Å².